The maximum Gasteiger partial charge on any atom is 0.254 e. The quantitative estimate of drug-likeness (QED) is 0.828. The van der Waals surface area contributed by atoms with Crippen LogP contribution in [0.3, 0.4) is 0 Å². The van der Waals surface area contributed by atoms with Crippen LogP contribution in [0.2, 0.25) is 0 Å². The molecule has 5 heteroatoms. The third kappa shape index (κ3) is 5.32. The van der Waals surface area contributed by atoms with Gasteiger partial charge in [-0.25, -0.2) is 4.39 Å². The first-order chi connectivity index (χ1) is 11.0. The molecule has 1 atom stereocenters. The fourth-order valence-corrected chi connectivity index (χ4v) is 2.39. The monoisotopic (exact) mass is 350 g/mol. The topological polar surface area (TPSA) is 41.1 Å². The summed E-state index contributed by atoms with van der Waals surface area (Å²) in [5, 5.41) is 5.94. The van der Waals surface area contributed by atoms with Crippen molar-refractivity contribution in [1.29, 1.82) is 0 Å². The van der Waals surface area contributed by atoms with Crippen molar-refractivity contribution in [2.24, 2.45) is 0 Å². The second-order valence-electron chi connectivity index (χ2n) is 5.73. The minimum absolute atomic E-state index is 0. The third-order valence-corrected chi connectivity index (χ3v) is 3.72. The highest BCUT2D eigenvalue weighted by molar-refractivity contribution is 5.95. The second-order valence-corrected chi connectivity index (χ2v) is 5.73. The summed E-state index contributed by atoms with van der Waals surface area (Å²) in [5.74, 6) is -0.889. The zero-order valence-corrected chi connectivity index (χ0v) is 15.0. The summed E-state index contributed by atoms with van der Waals surface area (Å²) >= 11 is 0. The van der Waals surface area contributed by atoms with E-state index in [1.807, 2.05) is 45.0 Å². The van der Waals surface area contributed by atoms with Gasteiger partial charge in [0, 0.05) is 12.6 Å². The fourth-order valence-electron chi connectivity index (χ4n) is 2.39. The van der Waals surface area contributed by atoms with Crippen LogP contribution in [0, 0.1) is 12.7 Å². The van der Waals surface area contributed by atoms with Crippen LogP contribution in [0.1, 0.15) is 29.8 Å². The molecule has 0 saturated carbocycles. The number of likely N-dealkylation sites (N-methyl/N-ethyl adjacent to an activating group) is 1. The summed E-state index contributed by atoms with van der Waals surface area (Å²) in [6.07, 6.45) is 0. The average Bonchev–Trinajstić information content (AvgIpc) is 2.53. The Morgan fingerprint density at radius 2 is 1.75 bits per heavy atom. The van der Waals surface area contributed by atoms with E-state index in [1.165, 1.54) is 12.1 Å². The van der Waals surface area contributed by atoms with Crippen molar-refractivity contribution >= 4 is 18.3 Å². The Bertz CT molecular complexity index is 674. The van der Waals surface area contributed by atoms with E-state index in [0.29, 0.717) is 6.54 Å². The van der Waals surface area contributed by atoms with Crippen LogP contribution in [0.15, 0.2) is 42.5 Å². The van der Waals surface area contributed by atoms with E-state index in [0.717, 1.165) is 23.2 Å². The maximum absolute atomic E-state index is 14.3. The lowest BCUT2D eigenvalue weighted by Gasteiger charge is -2.13. The van der Waals surface area contributed by atoms with Gasteiger partial charge in [-0.3, -0.25) is 4.79 Å². The first kappa shape index (κ1) is 20.1. The van der Waals surface area contributed by atoms with Crippen LogP contribution < -0.4 is 10.6 Å². The molecule has 0 radical (unpaired) electrons. The molecule has 2 rings (SSSR count). The van der Waals surface area contributed by atoms with Gasteiger partial charge in [0.2, 0.25) is 0 Å². The van der Waals surface area contributed by atoms with Gasteiger partial charge in [-0.2, -0.15) is 0 Å². The SMILES string of the molecule is CCN[C@H](C)CNC(=O)c1ccc(-c2ccc(C)cc2)cc1F.Cl. The van der Waals surface area contributed by atoms with Gasteiger partial charge in [0.1, 0.15) is 5.82 Å². The number of carbonyl (C=O) groups is 1. The molecule has 0 heterocycles. The van der Waals surface area contributed by atoms with E-state index in [1.54, 1.807) is 6.07 Å². The number of hydrogen-bond donors (Lipinski definition) is 2. The smallest absolute Gasteiger partial charge is 0.254 e. The van der Waals surface area contributed by atoms with Crippen LogP contribution in [0.25, 0.3) is 11.1 Å². The molecule has 0 saturated heterocycles. The lowest BCUT2D eigenvalue weighted by molar-refractivity contribution is 0.0946. The maximum atomic E-state index is 14.3. The number of carbonyl (C=O) groups excluding carboxylic acids is 1. The van der Waals surface area contributed by atoms with Crippen LogP contribution in [-0.2, 0) is 0 Å². The van der Waals surface area contributed by atoms with Crippen molar-refractivity contribution in [3.63, 3.8) is 0 Å². The molecule has 3 nitrogen and oxygen atoms in total. The highest BCUT2D eigenvalue weighted by atomic mass is 35.5. The molecule has 0 unspecified atom stereocenters. The lowest BCUT2D eigenvalue weighted by atomic mass is 10.0. The summed E-state index contributed by atoms with van der Waals surface area (Å²) in [5.41, 5.74) is 2.92. The Morgan fingerprint density at radius 1 is 1.12 bits per heavy atom. The molecular weight excluding hydrogens is 327 g/mol. The van der Waals surface area contributed by atoms with E-state index in [4.69, 9.17) is 0 Å². The predicted molar refractivity (Wildman–Crippen MR) is 99.3 cm³/mol. The molecule has 2 N–H and O–H groups in total. The summed E-state index contributed by atoms with van der Waals surface area (Å²) in [7, 11) is 0. The van der Waals surface area contributed by atoms with Gasteiger partial charge >= 0.3 is 0 Å². The molecule has 130 valence electrons. The van der Waals surface area contributed by atoms with Gasteiger partial charge in [-0.15, -0.1) is 12.4 Å². The number of aryl methyl sites for hydroxylation is 1. The van der Waals surface area contributed by atoms with Gasteiger partial charge in [-0.05, 0) is 43.7 Å². The second kappa shape index (κ2) is 9.40. The zero-order chi connectivity index (χ0) is 16.8. The number of nitrogens with one attached hydrogen (secondary N) is 2. The molecule has 0 aliphatic heterocycles. The summed E-state index contributed by atoms with van der Waals surface area (Å²) in [6.45, 7) is 7.27. The molecule has 0 spiro atoms. The molecule has 24 heavy (non-hydrogen) atoms. The fraction of sp³-hybridized carbons (Fsp3) is 0.316. The van der Waals surface area contributed by atoms with Crippen LogP contribution in [0.5, 0.6) is 0 Å². The van der Waals surface area contributed by atoms with E-state index >= 15 is 0 Å². The summed E-state index contributed by atoms with van der Waals surface area (Å²) < 4.78 is 14.3. The van der Waals surface area contributed by atoms with Crippen LogP contribution in [0.4, 0.5) is 4.39 Å². The van der Waals surface area contributed by atoms with Crippen molar-refractivity contribution < 1.29 is 9.18 Å². The standard InChI is InChI=1S/C19H23FN2O.ClH/c1-4-21-14(3)12-22-19(23)17-10-9-16(11-18(17)20)15-7-5-13(2)6-8-15;/h5-11,14,21H,4,12H2,1-3H3,(H,22,23);1H/t14-;/m1./s1. The van der Waals surface area contributed by atoms with Crippen molar-refractivity contribution in [3.8, 4) is 11.1 Å². The summed E-state index contributed by atoms with van der Waals surface area (Å²) in [6, 6.07) is 12.7. The van der Waals surface area contributed by atoms with E-state index in [-0.39, 0.29) is 29.9 Å². The normalized spacial score (nSPS) is 11.5. The molecule has 0 bridgehead atoms. The predicted octanol–water partition coefficient (Wildman–Crippen LogP) is 3.95. The molecule has 2 aromatic carbocycles. The lowest BCUT2D eigenvalue weighted by Crippen LogP contribution is -2.39. The molecule has 0 aliphatic carbocycles. The van der Waals surface area contributed by atoms with Crippen LogP contribution >= 0.6 is 12.4 Å². The highest BCUT2D eigenvalue weighted by Crippen LogP contribution is 2.22. The molecule has 0 fully saturated rings. The number of amides is 1. The van der Waals surface area contributed by atoms with E-state index in [2.05, 4.69) is 10.6 Å². The van der Waals surface area contributed by atoms with Gasteiger partial charge in [0.15, 0.2) is 0 Å². The Kier molecular flexibility index (Phi) is 7.89. The summed E-state index contributed by atoms with van der Waals surface area (Å²) in [4.78, 5) is 12.1. The highest BCUT2D eigenvalue weighted by Gasteiger charge is 2.13. The molecule has 0 aliphatic rings. The molecule has 2 aromatic rings. The first-order valence-corrected chi connectivity index (χ1v) is 7.89. The van der Waals surface area contributed by atoms with Gasteiger partial charge in [-0.1, -0.05) is 42.8 Å². The molecular formula is C19H24ClFN2O. The number of hydrogen-bond acceptors (Lipinski definition) is 2. The minimum Gasteiger partial charge on any atom is -0.350 e. The van der Waals surface area contributed by atoms with Crippen molar-refractivity contribution in [2.75, 3.05) is 13.1 Å². The van der Waals surface area contributed by atoms with Crippen LogP contribution in [-0.4, -0.2) is 25.0 Å². The molecule has 0 aromatic heterocycles. The van der Waals surface area contributed by atoms with Crippen molar-refractivity contribution in [1.82, 2.24) is 10.6 Å². The number of rotatable bonds is 6. The Hall–Kier alpha value is -1.91. The van der Waals surface area contributed by atoms with Crippen molar-refractivity contribution in [3.05, 3.63) is 59.4 Å². The average molecular weight is 351 g/mol. The van der Waals surface area contributed by atoms with E-state index < -0.39 is 5.82 Å². The van der Waals surface area contributed by atoms with Gasteiger partial charge in [0.25, 0.3) is 5.91 Å². The zero-order valence-electron chi connectivity index (χ0n) is 14.2. The third-order valence-electron chi connectivity index (χ3n) is 3.72. The van der Waals surface area contributed by atoms with E-state index in [9.17, 15) is 9.18 Å². The Labute approximate surface area is 149 Å². The van der Waals surface area contributed by atoms with Gasteiger partial charge < -0.3 is 10.6 Å². The Balaban J connectivity index is 0.00000288. The number of benzene rings is 2. The largest absolute Gasteiger partial charge is 0.350 e. The Morgan fingerprint density at radius 3 is 2.33 bits per heavy atom. The first-order valence-electron chi connectivity index (χ1n) is 7.89. The minimum atomic E-state index is -0.503. The number of halogens is 2. The van der Waals surface area contributed by atoms with Crippen molar-refractivity contribution in [2.45, 2.75) is 26.8 Å². The van der Waals surface area contributed by atoms with Gasteiger partial charge in [0.05, 0.1) is 5.56 Å². The molecule has 1 amide bonds.